The molecular weight excluding hydrogens is 476 g/mol. The van der Waals surface area contributed by atoms with Crippen LogP contribution in [-0.2, 0) is 0 Å². The van der Waals surface area contributed by atoms with E-state index in [4.69, 9.17) is 0 Å². The molecular formula is C24H14Br2N2. The van der Waals surface area contributed by atoms with Gasteiger partial charge < -0.3 is 9.97 Å². The largest absolute Gasteiger partial charge is 0.361 e. The Morgan fingerprint density at radius 2 is 1.39 bits per heavy atom. The molecule has 134 valence electrons. The lowest BCUT2D eigenvalue weighted by molar-refractivity contribution is 1.47. The normalized spacial score (nSPS) is 11.9. The minimum absolute atomic E-state index is 1.08. The van der Waals surface area contributed by atoms with Crippen LogP contribution in [0.2, 0.25) is 0 Å². The van der Waals surface area contributed by atoms with Gasteiger partial charge in [-0.25, -0.2) is 0 Å². The lowest BCUT2D eigenvalue weighted by Crippen LogP contribution is -1.84. The number of aromatic nitrogens is 2. The summed E-state index contributed by atoms with van der Waals surface area (Å²) in [6, 6.07) is 23.7. The van der Waals surface area contributed by atoms with Gasteiger partial charge in [0.1, 0.15) is 0 Å². The number of H-pyrrole nitrogens is 2. The number of aromatic amines is 2. The minimum atomic E-state index is 1.08. The lowest BCUT2D eigenvalue weighted by Gasteiger charge is -2.09. The molecule has 0 saturated heterocycles. The van der Waals surface area contributed by atoms with Crippen LogP contribution >= 0.6 is 31.9 Å². The maximum atomic E-state index is 3.69. The van der Waals surface area contributed by atoms with Crippen LogP contribution in [0.5, 0.6) is 0 Å². The van der Waals surface area contributed by atoms with Crippen LogP contribution in [0.4, 0.5) is 0 Å². The fourth-order valence-corrected chi connectivity index (χ4v) is 4.97. The molecule has 4 aromatic carbocycles. The van der Waals surface area contributed by atoms with Crippen molar-refractivity contribution in [1.82, 2.24) is 9.97 Å². The van der Waals surface area contributed by atoms with Crippen LogP contribution < -0.4 is 0 Å². The molecule has 0 atom stereocenters. The van der Waals surface area contributed by atoms with E-state index in [9.17, 15) is 0 Å². The van der Waals surface area contributed by atoms with Crippen molar-refractivity contribution in [2.24, 2.45) is 0 Å². The molecule has 0 spiro atoms. The van der Waals surface area contributed by atoms with Crippen LogP contribution in [0.15, 0.2) is 81.9 Å². The highest BCUT2D eigenvalue weighted by atomic mass is 79.9. The van der Waals surface area contributed by atoms with Crippen molar-refractivity contribution < 1.29 is 0 Å². The van der Waals surface area contributed by atoms with Gasteiger partial charge in [-0.05, 0) is 53.2 Å². The molecule has 2 aromatic heterocycles. The molecule has 4 heteroatoms. The van der Waals surface area contributed by atoms with E-state index in [2.05, 4.69) is 115 Å². The van der Waals surface area contributed by atoms with Crippen molar-refractivity contribution in [3.63, 3.8) is 0 Å². The van der Waals surface area contributed by atoms with Gasteiger partial charge in [-0.1, -0.05) is 56.1 Å². The maximum absolute atomic E-state index is 3.69. The highest BCUT2D eigenvalue weighted by molar-refractivity contribution is 9.10. The van der Waals surface area contributed by atoms with Crippen molar-refractivity contribution in [3.05, 3.63) is 81.9 Å². The maximum Gasteiger partial charge on any atom is 0.0551 e. The van der Waals surface area contributed by atoms with E-state index in [0.717, 1.165) is 20.0 Å². The van der Waals surface area contributed by atoms with Gasteiger partial charge >= 0.3 is 0 Å². The summed E-state index contributed by atoms with van der Waals surface area (Å²) in [6.45, 7) is 0. The van der Waals surface area contributed by atoms with Gasteiger partial charge in [-0.3, -0.25) is 0 Å². The average molecular weight is 490 g/mol. The van der Waals surface area contributed by atoms with Gasteiger partial charge in [-0.2, -0.15) is 0 Å². The van der Waals surface area contributed by atoms with Gasteiger partial charge in [-0.15, -0.1) is 0 Å². The third-order valence-electron chi connectivity index (χ3n) is 5.49. The summed E-state index contributed by atoms with van der Waals surface area (Å²) >= 11 is 7.26. The summed E-state index contributed by atoms with van der Waals surface area (Å²) in [4.78, 5) is 7.13. The van der Waals surface area contributed by atoms with Gasteiger partial charge in [0.25, 0.3) is 0 Å². The van der Waals surface area contributed by atoms with E-state index in [0.29, 0.717) is 0 Å². The molecule has 0 radical (unpaired) electrons. The monoisotopic (exact) mass is 488 g/mol. The van der Waals surface area contributed by atoms with E-state index >= 15 is 0 Å². The highest BCUT2D eigenvalue weighted by Crippen LogP contribution is 2.42. The molecule has 2 nitrogen and oxygen atoms in total. The third-order valence-corrected chi connectivity index (χ3v) is 6.48. The van der Waals surface area contributed by atoms with Gasteiger partial charge in [0, 0.05) is 53.5 Å². The summed E-state index contributed by atoms with van der Waals surface area (Å²) in [6.07, 6.45) is 2.12. The molecule has 0 aliphatic heterocycles. The molecule has 0 fully saturated rings. The Morgan fingerprint density at radius 1 is 0.643 bits per heavy atom. The Hall–Kier alpha value is -2.56. The molecule has 0 amide bonds. The number of halogens is 2. The second-order valence-electron chi connectivity index (χ2n) is 7.10. The molecule has 6 aromatic rings. The zero-order valence-corrected chi connectivity index (χ0v) is 17.9. The first-order valence-corrected chi connectivity index (χ1v) is 10.7. The van der Waals surface area contributed by atoms with Crippen molar-refractivity contribution in [2.45, 2.75) is 0 Å². The number of nitrogens with one attached hydrogen (secondary N) is 2. The first kappa shape index (κ1) is 16.4. The zero-order valence-electron chi connectivity index (χ0n) is 14.7. The summed E-state index contributed by atoms with van der Waals surface area (Å²) in [5.41, 5.74) is 5.91. The van der Waals surface area contributed by atoms with Gasteiger partial charge in [0.05, 0.1) is 5.52 Å². The van der Waals surface area contributed by atoms with Gasteiger partial charge in [0.15, 0.2) is 0 Å². The Balaban J connectivity index is 1.86. The van der Waals surface area contributed by atoms with Crippen molar-refractivity contribution >= 4 is 75.3 Å². The first-order valence-electron chi connectivity index (χ1n) is 9.09. The molecule has 2 N–H and O–H groups in total. The van der Waals surface area contributed by atoms with E-state index in [1.165, 1.54) is 43.6 Å². The zero-order chi connectivity index (χ0) is 18.8. The number of hydrogen-bond acceptors (Lipinski definition) is 0. The van der Waals surface area contributed by atoms with E-state index in [1.807, 2.05) is 0 Å². The predicted molar refractivity (Wildman–Crippen MR) is 126 cm³/mol. The second-order valence-corrected chi connectivity index (χ2v) is 8.93. The Bertz CT molecular complexity index is 1540. The van der Waals surface area contributed by atoms with Crippen LogP contribution in [0, 0.1) is 0 Å². The Morgan fingerprint density at radius 3 is 2.25 bits per heavy atom. The topological polar surface area (TPSA) is 31.6 Å². The molecule has 6 rings (SSSR count). The van der Waals surface area contributed by atoms with Crippen molar-refractivity contribution in [3.8, 4) is 11.1 Å². The van der Waals surface area contributed by atoms with Crippen LogP contribution in [0.25, 0.3) is 54.6 Å². The van der Waals surface area contributed by atoms with Crippen molar-refractivity contribution in [1.29, 1.82) is 0 Å². The first-order chi connectivity index (χ1) is 13.7. The van der Waals surface area contributed by atoms with E-state index in [-0.39, 0.29) is 0 Å². The minimum Gasteiger partial charge on any atom is -0.361 e. The Kier molecular flexibility index (Phi) is 3.49. The van der Waals surface area contributed by atoms with Crippen LogP contribution in [-0.4, -0.2) is 9.97 Å². The van der Waals surface area contributed by atoms with Crippen LogP contribution in [0.1, 0.15) is 0 Å². The number of rotatable bonds is 1. The van der Waals surface area contributed by atoms with Crippen LogP contribution in [0.3, 0.4) is 0 Å². The molecule has 0 aliphatic carbocycles. The third kappa shape index (κ3) is 2.31. The molecule has 0 saturated carbocycles. The molecule has 0 unspecified atom stereocenters. The fraction of sp³-hybridized carbons (Fsp3) is 0. The van der Waals surface area contributed by atoms with Gasteiger partial charge in [0.2, 0.25) is 0 Å². The van der Waals surface area contributed by atoms with Crippen molar-refractivity contribution in [2.75, 3.05) is 0 Å². The number of fused-ring (bicyclic) bond motifs is 5. The molecule has 2 heterocycles. The summed E-state index contributed by atoms with van der Waals surface area (Å²) in [7, 11) is 0. The Labute approximate surface area is 177 Å². The quantitative estimate of drug-likeness (QED) is 0.233. The second kappa shape index (κ2) is 5.97. The lowest BCUT2D eigenvalue weighted by atomic mass is 9.94. The van der Waals surface area contributed by atoms with E-state index in [1.54, 1.807) is 0 Å². The SMILES string of the molecule is Brc1ccc2[nH]cc(-c3c4ccccc4cc4c3[nH]c3ccc(Br)cc34)c2c1. The number of benzene rings is 4. The highest BCUT2D eigenvalue weighted by Gasteiger charge is 2.17. The molecule has 0 bridgehead atoms. The summed E-state index contributed by atoms with van der Waals surface area (Å²) < 4.78 is 2.17. The fourth-order valence-electron chi connectivity index (χ4n) is 4.25. The molecule has 28 heavy (non-hydrogen) atoms. The molecule has 0 aliphatic rings. The summed E-state index contributed by atoms with van der Waals surface area (Å²) in [5, 5.41) is 6.19. The summed E-state index contributed by atoms with van der Waals surface area (Å²) in [5.74, 6) is 0. The predicted octanol–water partition coefficient (Wildman–Crippen LogP) is 8.15. The average Bonchev–Trinajstić information content (AvgIpc) is 3.27. The van der Waals surface area contributed by atoms with E-state index < -0.39 is 0 Å². The number of hydrogen-bond donors (Lipinski definition) is 2. The standard InChI is InChI=1S/C24H14Br2N2/c25-14-5-7-21-18(11-14)20(12-27-21)23-16-4-2-1-3-13(16)9-19-17-10-15(26)6-8-22(17)28-24(19)23/h1-12,27-28H. The smallest absolute Gasteiger partial charge is 0.0551 e.